The number of fused-ring (bicyclic) bond motifs is 1. The maximum absolute atomic E-state index is 5.67. The maximum atomic E-state index is 5.67. The Balaban J connectivity index is 1.72. The lowest BCUT2D eigenvalue weighted by molar-refractivity contribution is 0.306. The minimum absolute atomic E-state index is 0.550. The number of nitrogens with zero attached hydrogens (tertiary/aromatic N) is 3. The van der Waals surface area contributed by atoms with E-state index < -0.39 is 0 Å². The molecule has 1 radical (unpaired) electrons. The van der Waals surface area contributed by atoms with Gasteiger partial charge < -0.3 is 4.74 Å². The van der Waals surface area contributed by atoms with Crippen LogP contribution in [0.5, 0.6) is 5.75 Å². The van der Waals surface area contributed by atoms with Crippen molar-refractivity contribution in [3.8, 4) is 5.75 Å². The van der Waals surface area contributed by atoms with Crippen molar-refractivity contribution in [2.75, 3.05) is 0 Å². The molecule has 0 atom stereocenters. The molecular weight excluding hydrogens is 214 g/mol. The van der Waals surface area contributed by atoms with Gasteiger partial charge in [-0.15, -0.1) is 10.5 Å². The Hall–Kier alpha value is -2.36. The Kier molecular flexibility index (Phi) is 2.46. The lowest BCUT2D eigenvalue weighted by Gasteiger charge is -2.06. The molecule has 4 heteroatoms. The first-order chi connectivity index (χ1) is 8.42. The lowest BCUT2D eigenvalue weighted by Crippen LogP contribution is -1.94. The number of ether oxygens (including phenoxy) is 1. The molecule has 3 rings (SSSR count). The van der Waals surface area contributed by atoms with Gasteiger partial charge in [-0.25, -0.2) is 0 Å². The number of hydrogen-bond donors (Lipinski definition) is 0. The van der Waals surface area contributed by atoms with Gasteiger partial charge in [-0.05, 0) is 22.9 Å². The fourth-order valence-electron chi connectivity index (χ4n) is 1.62. The van der Waals surface area contributed by atoms with Crippen molar-refractivity contribution in [2.45, 2.75) is 6.61 Å². The first-order valence-corrected chi connectivity index (χ1v) is 5.34. The summed E-state index contributed by atoms with van der Waals surface area (Å²) in [6.07, 6.45) is 0. The summed E-state index contributed by atoms with van der Waals surface area (Å²) in [7, 11) is 0. The highest BCUT2D eigenvalue weighted by atomic mass is 16.5. The average molecular weight is 224 g/mol. The molecule has 0 unspecified atom stereocenters. The van der Waals surface area contributed by atoms with E-state index in [-0.39, 0.29) is 0 Å². The predicted octanol–water partition coefficient (Wildman–Crippen LogP) is 3.51. The number of rotatable bonds is 3. The second-order valence-corrected chi connectivity index (χ2v) is 3.71. The molecule has 0 saturated carbocycles. The Morgan fingerprint density at radius 3 is 2.71 bits per heavy atom. The summed E-state index contributed by atoms with van der Waals surface area (Å²) >= 11 is 0. The monoisotopic (exact) mass is 224 g/mol. The first kappa shape index (κ1) is 9.84. The molecule has 0 aliphatic carbocycles. The average Bonchev–Trinajstić information content (AvgIpc) is 2.85. The largest absolute Gasteiger partial charge is 0.489 e. The molecule has 1 aliphatic rings. The summed E-state index contributed by atoms with van der Waals surface area (Å²) in [5.74, 6) is 0.781. The predicted molar refractivity (Wildman–Crippen MR) is 63.5 cm³/mol. The number of benzene rings is 2. The van der Waals surface area contributed by atoms with Crippen LogP contribution in [0.25, 0.3) is 0 Å². The van der Waals surface area contributed by atoms with Crippen LogP contribution in [-0.4, -0.2) is 0 Å². The smallest absolute Gasteiger partial charge is 0.122 e. The Morgan fingerprint density at radius 2 is 1.82 bits per heavy atom. The summed E-state index contributed by atoms with van der Waals surface area (Å²) in [5.41, 5.74) is 6.55. The van der Waals surface area contributed by atoms with Crippen molar-refractivity contribution in [3.05, 3.63) is 54.1 Å². The highest BCUT2D eigenvalue weighted by Gasteiger charge is 2.10. The van der Waals surface area contributed by atoms with E-state index in [1.54, 1.807) is 0 Å². The molecule has 2 aromatic carbocycles. The topological polar surface area (TPSA) is 48.1 Å². The van der Waals surface area contributed by atoms with Gasteiger partial charge in [-0.1, -0.05) is 30.3 Å². The molecule has 0 spiro atoms. The van der Waals surface area contributed by atoms with Gasteiger partial charge in [0.25, 0.3) is 0 Å². The fourth-order valence-corrected chi connectivity index (χ4v) is 1.62. The Bertz CT molecular complexity index is 552. The van der Waals surface area contributed by atoms with E-state index in [2.05, 4.69) is 15.8 Å². The van der Waals surface area contributed by atoms with Gasteiger partial charge >= 0.3 is 0 Å². The molecular formula is C13H10N3O. The van der Waals surface area contributed by atoms with Crippen molar-refractivity contribution in [1.82, 2.24) is 5.43 Å². The number of hydrogen-bond acceptors (Lipinski definition) is 3. The summed E-state index contributed by atoms with van der Waals surface area (Å²) in [4.78, 5) is 0. The van der Waals surface area contributed by atoms with Gasteiger partial charge in [0.15, 0.2) is 0 Å². The van der Waals surface area contributed by atoms with Crippen LogP contribution in [0.2, 0.25) is 0 Å². The molecule has 0 amide bonds. The molecule has 2 aromatic rings. The quantitative estimate of drug-likeness (QED) is 0.786. The summed E-state index contributed by atoms with van der Waals surface area (Å²) < 4.78 is 5.67. The van der Waals surface area contributed by atoms with Crippen LogP contribution in [-0.2, 0) is 6.61 Å². The molecule has 4 nitrogen and oxygen atoms in total. The molecule has 0 bridgehead atoms. The van der Waals surface area contributed by atoms with Crippen LogP contribution in [0.15, 0.2) is 58.9 Å². The van der Waals surface area contributed by atoms with E-state index in [0.717, 1.165) is 22.7 Å². The minimum Gasteiger partial charge on any atom is -0.489 e. The SMILES string of the molecule is c1ccc(COc2ccc3c(c2)N=N[N]3)cc1. The van der Waals surface area contributed by atoms with Crippen LogP contribution in [0.1, 0.15) is 5.56 Å². The maximum Gasteiger partial charge on any atom is 0.122 e. The second-order valence-electron chi connectivity index (χ2n) is 3.71. The highest BCUT2D eigenvalue weighted by Crippen LogP contribution is 2.33. The normalized spacial score (nSPS) is 12.0. The van der Waals surface area contributed by atoms with Crippen molar-refractivity contribution >= 4 is 11.4 Å². The molecule has 0 saturated heterocycles. The molecule has 1 heterocycles. The molecule has 17 heavy (non-hydrogen) atoms. The molecule has 0 fully saturated rings. The van der Waals surface area contributed by atoms with Gasteiger partial charge in [0.1, 0.15) is 23.7 Å². The third-order valence-corrected chi connectivity index (χ3v) is 2.50. The van der Waals surface area contributed by atoms with Gasteiger partial charge in [-0.2, -0.15) is 0 Å². The van der Waals surface area contributed by atoms with Crippen molar-refractivity contribution < 1.29 is 4.74 Å². The molecule has 0 N–H and O–H groups in total. The van der Waals surface area contributed by atoms with Crippen molar-refractivity contribution in [2.24, 2.45) is 10.3 Å². The zero-order valence-corrected chi connectivity index (χ0v) is 9.08. The van der Waals surface area contributed by atoms with E-state index in [1.807, 2.05) is 48.5 Å². The Labute approximate surface area is 98.9 Å². The summed E-state index contributed by atoms with van der Waals surface area (Å²) in [6.45, 7) is 0.550. The van der Waals surface area contributed by atoms with Gasteiger partial charge in [0.05, 0.1) is 0 Å². The zero-order chi connectivity index (χ0) is 11.5. The summed E-state index contributed by atoms with van der Waals surface area (Å²) in [5, 5.41) is 7.50. The van der Waals surface area contributed by atoms with Crippen LogP contribution in [0.4, 0.5) is 11.4 Å². The lowest BCUT2D eigenvalue weighted by atomic mass is 10.2. The van der Waals surface area contributed by atoms with Crippen molar-refractivity contribution in [3.63, 3.8) is 0 Å². The van der Waals surface area contributed by atoms with Crippen LogP contribution >= 0.6 is 0 Å². The van der Waals surface area contributed by atoms with Gasteiger partial charge in [0, 0.05) is 6.07 Å². The third-order valence-electron chi connectivity index (χ3n) is 2.50. The van der Waals surface area contributed by atoms with Gasteiger partial charge in [0.2, 0.25) is 0 Å². The molecule has 0 aromatic heterocycles. The van der Waals surface area contributed by atoms with Crippen LogP contribution in [0.3, 0.4) is 0 Å². The van der Waals surface area contributed by atoms with E-state index in [9.17, 15) is 0 Å². The molecule has 83 valence electrons. The van der Waals surface area contributed by atoms with E-state index in [0.29, 0.717) is 6.61 Å². The van der Waals surface area contributed by atoms with Crippen molar-refractivity contribution in [1.29, 1.82) is 0 Å². The third kappa shape index (κ3) is 2.10. The van der Waals surface area contributed by atoms with E-state index in [4.69, 9.17) is 4.74 Å². The fraction of sp³-hybridized carbons (Fsp3) is 0.0769. The minimum atomic E-state index is 0.550. The van der Waals surface area contributed by atoms with Crippen LogP contribution in [0, 0.1) is 0 Å². The zero-order valence-electron chi connectivity index (χ0n) is 9.08. The molecule has 1 aliphatic heterocycles. The summed E-state index contributed by atoms with van der Waals surface area (Å²) in [6, 6.07) is 15.6. The van der Waals surface area contributed by atoms with E-state index >= 15 is 0 Å². The first-order valence-electron chi connectivity index (χ1n) is 5.34. The highest BCUT2D eigenvalue weighted by molar-refractivity contribution is 5.64. The van der Waals surface area contributed by atoms with Gasteiger partial charge in [-0.3, -0.25) is 0 Å². The standard InChI is InChI=1S/C13H10N3O/c1-2-4-10(5-3-1)9-17-11-6-7-12-13(8-11)15-16-14-12/h1-8H,9H2. The van der Waals surface area contributed by atoms with Crippen LogP contribution < -0.4 is 10.2 Å². The van der Waals surface area contributed by atoms with E-state index in [1.165, 1.54) is 0 Å². The Morgan fingerprint density at radius 1 is 0.941 bits per heavy atom. The second kappa shape index (κ2) is 4.25.